The van der Waals surface area contributed by atoms with Gasteiger partial charge in [0.15, 0.2) is 0 Å². The van der Waals surface area contributed by atoms with Crippen molar-refractivity contribution in [1.82, 2.24) is 14.0 Å². The Labute approximate surface area is 250 Å². The maximum Gasteiger partial charge on any atom is 0.331 e. The summed E-state index contributed by atoms with van der Waals surface area (Å²) in [7, 11) is 0. The predicted octanol–water partition coefficient (Wildman–Crippen LogP) is 5.34. The van der Waals surface area contributed by atoms with Crippen LogP contribution in [0.4, 0.5) is 4.39 Å². The van der Waals surface area contributed by atoms with Gasteiger partial charge in [0.05, 0.1) is 13.1 Å². The van der Waals surface area contributed by atoms with Gasteiger partial charge in [-0.05, 0) is 80.6 Å². The van der Waals surface area contributed by atoms with Gasteiger partial charge in [0.2, 0.25) is 0 Å². The summed E-state index contributed by atoms with van der Waals surface area (Å²) in [4.78, 5) is 30.7. The van der Waals surface area contributed by atoms with Crippen LogP contribution in [-0.2, 0) is 31.5 Å². The van der Waals surface area contributed by atoms with E-state index in [1.807, 2.05) is 61.5 Å². The normalized spacial score (nSPS) is 17.0. The number of aryl methyl sites for hydroxylation is 1. The standard InChI is InChI=1S/C34H36ClFN4O2/c1-23-7-5-12-28(36)27(23)21-39-30-13-14-34(15-17-38(18-16-34)20-24-8-6-11-26(35)19-24)31(30)32(41)40(33(39)42)22-29(37)25-9-3-2-4-10-25/h2-12,19,29H,13-18,20-22,37H2,1H3/t29-/m0/s1. The van der Waals surface area contributed by atoms with Crippen molar-refractivity contribution in [2.75, 3.05) is 13.1 Å². The molecule has 42 heavy (non-hydrogen) atoms. The van der Waals surface area contributed by atoms with Gasteiger partial charge in [0.1, 0.15) is 5.82 Å². The Hall–Kier alpha value is -3.52. The Bertz CT molecular complexity index is 1700. The first-order valence-corrected chi connectivity index (χ1v) is 15.0. The van der Waals surface area contributed by atoms with E-state index < -0.39 is 11.7 Å². The molecule has 3 aromatic carbocycles. The van der Waals surface area contributed by atoms with E-state index >= 15 is 4.39 Å². The topological polar surface area (TPSA) is 73.3 Å². The summed E-state index contributed by atoms with van der Waals surface area (Å²) in [5.41, 5.74) is 10.3. The number of benzene rings is 3. The molecule has 0 bridgehead atoms. The van der Waals surface area contributed by atoms with E-state index in [0.717, 1.165) is 71.9 Å². The Morgan fingerprint density at radius 2 is 1.67 bits per heavy atom. The largest absolute Gasteiger partial charge is 0.331 e. The zero-order valence-electron chi connectivity index (χ0n) is 23.9. The van der Waals surface area contributed by atoms with Crippen molar-refractivity contribution < 1.29 is 4.39 Å². The highest BCUT2D eigenvalue weighted by Crippen LogP contribution is 2.44. The fraction of sp³-hybridized carbons (Fsp3) is 0.353. The molecule has 1 atom stereocenters. The van der Waals surface area contributed by atoms with Crippen molar-refractivity contribution in [1.29, 1.82) is 0 Å². The minimum Gasteiger partial charge on any atom is -0.322 e. The van der Waals surface area contributed by atoms with Gasteiger partial charge in [-0.15, -0.1) is 0 Å². The van der Waals surface area contributed by atoms with E-state index in [1.165, 1.54) is 10.6 Å². The molecule has 0 amide bonds. The van der Waals surface area contributed by atoms with Crippen LogP contribution in [0.15, 0.2) is 82.4 Å². The third-order valence-corrected chi connectivity index (χ3v) is 9.53. The van der Waals surface area contributed by atoms with Gasteiger partial charge in [-0.25, -0.2) is 9.18 Å². The Balaban J connectivity index is 1.39. The van der Waals surface area contributed by atoms with Crippen molar-refractivity contribution in [2.24, 2.45) is 5.73 Å². The first-order chi connectivity index (χ1) is 20.3. The van der Waals surface area contributed by atoms with E-state index in [0.29, 0.717) is 12.0 Å². The molecular formula is C34H36ClFN4O2. The van der Waals surface area contributed by atoms with Crippen LogP contribution in [-0.4, -0.2) is 27.1 Å². The number of rotatable bonds is 7. The maximum atomic E-state index is 15.0. The zero-order chi connectivity index (χ0) is 29.4. The van der Waals surface area contributed by atoms with Gasteiger partial charge < -0.3 is 5.73 Å². The van der Waals surface area contributed by atoms with E-state index in [2.05, 4.69) is 11.0 Å². The fourth-order valence-electron chi connectivity index (χ4n) is 6.90. The number of halogens is 2. The summed E-state index contributed by atoms with van der Waals surface area (Å²) in [6, 6.07) is 21.8. The van der Waals surface area contributed by atoms with Crippen molar-refractivity contribution in [3.05, 3.63) is 138 Å². The number of piperidine rings is 1. The number of aromatic nitrogens is 2. The van der Waals surface area contributed by atoms with Crippen molar-refractivity contribution in [3.8, 4) is 0 Å². The number of likely N-dealkylation sites (tertiary alicyclic amines) is 1. The second kappa shape index (κ2) is 11.6. The average Bonchev–Trinajstić information content (AvgIpc) is 3.35. The van der Waals surface area contributed by atoms with Gasteiger partial charge in [0.25, 0.3) is 5.56 Å². The quantitative estimate of drug-likeness (QED) is 0.317. The van der Waals surface area contributed by atoms with E-state index in [9.17, 15) is 9.59 Å². The van der Waals surface area contributed by atoms with Gasteiger partial charge >= 0.3 is 5.69 Å². The molecule has 218 valence electrons. The van der Waals surface area contributed by atoms with E-state index in [-0.39, 0.29) is 29.9 Å². The van der Waals surface area contributed by atoms with Crippen molar-refractivity contribution in [3.63, 3.8) is 0 Å². The molecule has 6 nitrogen and oxygen atoms in total. The Kier molecular flexibility index (Phi) is 7.92. The molecule has 2 aliphatic rings. The minimum atomic E-state index is -0.532. The van der Waals surface area contributed by atoms with Crippen LogP contribution in [0.2, 0.25) is 5.02 Å². The van der Waals surface area contributed by atoms with E-state index in [1.54, 1.807) is 10.6 Å². The maximum absolute atomic E-state index is 15.0. The van der Waals surface area contributed by atoms with Gasteiger partial charge in [-0.3, -0.25) is 18.8 Å². The van der Waals surface area contributed by atoms with Crippen molar-refractivity contribution in [2.45, 2.75) is 63.7 Å². The molecule has 1 spiro atoms. The summed E-state index contributed by atoms with van der Waals surface area (Å²) in [5.74, 6) is -0.351. The summed E-state index contributed by atoms with van der Waals surface area (Å²) >= 11 is 6.21. The first-order valence-electron chi connectivity index (χ1n) is 14.6. The Morgan fingerprint density at radius 1 is 0.929 bits per heavy atom. The molecule has 1 fully saturated rings. The molecule has 2 heterocycles. The lowest BCUT2D eigenvalue weighted by Gasteiger charge is -2.40. The van der Waals surface area contributed by atoms with Crippen molar-refractivity contribution >= 4 is 11.6 Å². The predicted molar refractivity (Wildman–Crippen MR) is 165 cm³/mol. The molecule has 8 heteroatoms. The lowest BCUT2D eigenvalue weighted by molar-refractivity contribution is 0.151. The van der Waals surface area contributed by atoms with E-state index in [4.69, 9.17) is 17.3 Å². The molecule has 1 aromatic heterocycles. The molecule has 0 unspecified atom stereocenters. The highest BCUT2D eigenvalue weighted by molar-refractivity contribution is 6.30. The first kappa shape index (κ1) is 28.6. The summed E-state index contributed by atoms with van der Waals surface area (Å²) in [6.45, 7) is 4.45. The molecule has 1 saturated heterocycles. The highest BCUT2D eigenvalue weighted by atomic mass is 35.5. The summed E-state index contributed by atoms with van der Waals surface area (Å²) in [5, 5.41) is 0.725. The van der Waals surface area contributed by atoms with Crippen LogP contribution in [0.25, 0.3) is 0 Å². The number of hydrogen-bond donors (Lipinski definition) is 1. The highest BCUT2D eigenvalue weighted by Gasteiger charge is 2.45. The minimum absolute atomic E-state index is 0.0577. The SMILES string of the molecule is Cc1cccc(F)c1Cn1c2c(c(=O)n(C[C@H](N)c3ccccc3)c1=O)C1(CC2)CCN(Cc2cccc(Cl)c2)CC1. The number of hydrogen-bond acceptors (Lipinski definition) is 4. The molecule has 4 aromatic rings. The van der Waals surface area contributed by atoms with Crippen LogP contribution in [0.3, 0.4) is 0 Å². The van der Waals surface area contributed by atoms with Gasteiger partial charge in [-0.2, -0.15) is 0 Å². The lowest BCUT2D eigenvalue weighted by Crippen LogP contribution is -2.49. The summed E-state index contributed by atoms with van der Waals surface area (Å²) < 4.78 is 18.0. The number of fused-ring (bicyclic) bond motifs is 2. The lowest BCUT2D eigenvalue weighted by atomic mass is 9.74. The number of nitrogens with two attached hydrogens (primary N) is 1. The Morgan fingerprint density at radius 3 is 2.38 bits per heavy atom. The molecule has 1 aliphatic heterocycles. The monoisotopic (exact) mass is 586 g/mol. The number of nitrogens with zero attached hydrogens (tertiary/aromatic N) is 3. The smallest absolute Gasteiger partial charge is 0.322 e. The molecule has 6 rings (SSSR count). The average molecular weight is 587 g/mol. The van der Waals surface area contributed by atoms with Gasteiger partial charge in [0, 0.05) is 39.8 Å². The third kappa shape index (κ3) is 5.37. The second-order valence-corrected chi connectivity index (χ2v) is 12.3. The van der Waals surface area contributed by atoms with Gasteiger partial charge in [-0.1, -0.05) is 66.2 Å². The molecule has 0 radical (unpaired) electrons. The molecule has 2 N–H and O–H groups in total. The van der Waals surface area contributed by atoms with Crippen LogP contribution in [0.1, 0.15) is 58.8 Å². The van der Waals surface area contributed by atoms with Crippen LogP contribution < -0.4 is 17.0 Å². The molecule has 1 aliphatic carbocycles. The fourth-order valence-corrected chi connectivity index (χ4v) is 7.11. The van der Waals surface area contributed by atoms with Crippen LogP contribution in [0.5, 0.6) is 0 Å². The molecular weight excluding hydrogens is 551 g/mol. The van der Waals surface area contributed by atoms with Crippen LogP contribution >= 0.6 is 11.6 Å². The summed E-state index contributed by atoms with van der Waals surface area (Å²) in [6.07, 6.45) is 3.05. The third-order valence-electron chi connectivity index (χ3n) is 9.29. The van der Waals surface area contributed by atoms with Crippen LogP contribution in [0, 0.1) is 12.7 Å². The molecule has 0 saturated carbocycles. The zero-order valence-corrected chi connectivity index (χ0v) is 24.6. The second-order valence-electron chi connectivity index (χ2n) is 11.8.